The molecule has 0 aromatic carbocycles. The van der Waals surface area contributed by atoms with Crippen LogP contribution in [0.1, 0.15) is 13.8 Å². The molecule has 0 amide bonds. The Kier molecular flexibility index (Phi) is 5.54. The van der Waals surface area contributed by atoms with E-state index in [-0.39, 0.29) is 0 Å². The fraction of sp³-hybridized carbons (Fsp3) is 0.500. The van der Waals surface area contributed by atoms with Gasteiger partial charge in [-0.05, 0) is 0 Å². The molecular weight excluding hydrogens is 166 g/mol. The largest absolute Gasteiger partial charge is 0.357 e. The number of nitrogens with two attached hydrogens (primary N) is 1. The lowest BCUT2D eigenvalue weighted by molar-refractivity contribution is 0.964. The van der Waals surface area contributed by atoms with E-state index in [1.807, 2.05) is 13.8 Å². The summed E-state index contributed by atoms with van der Waals surface area (Å²) in [5, 5.41) is 4.25. The monoisotopic (exact) mass is 183 g/mol. The van der Waals surface area contributed by atoms with Crippen LogP contribution in [0, 0.1) is 0 Å². The summed E-state index contributed by atoms with van der Waals surface area (Å²) in [6.07, 6.45) is 1.65. The number of hydrogen-bond acceptors (Lipinski definition) is 5. The first-order valence-corrected chi connectivity index (χ1v) is 4.23. The summed E-state index contributed by atoms with van der Waals surface area (Å²) in [6.45, 7) is 4.00. The Morgan fingerprint density at radius 2 is 2.08 bits per heavy atom. The molecule has 0 unspecified atom stereocenters. The van der Waals surface area contributed by atoms with Crippen molar-refractivity contribution in [2.24, 2.45) is 5.84 Å². The van der Waals surface area contributed by atoms with Crippen LogP contribution >= 0.6 is 0 Å². The third-order valence-electron chi connectivity index (χ3n) is 1.23. The number of hydrazine groups is 1. The molecule has 0 aliphatic carbocycles. The van der Waals surface area contributed by atoms with Crippen molar-refractivity contribution in [3.63, 3.8) is 0 Å². The summed E-state index contributed by atoms with van der Waals surface area (Å²) in [5.74, 6) is 6.71. The normalized spacial score (nSPS) is 8.38. The minimum atomic E-state index is 0.569. The molecule has 5 nitrogen and oxygen atoms in total. The van der Waals surface area contributed by atoms with Gasteiger partial charge in [-0.2, -0.15) is 4.98 Å². The summed E-state index contributed by atoms with van der Waals surface area (Å²) in [4.78, 5) is 8.01. The Morgan fingerprint density at radius 3 is 2.54 bits per heavy atom. The van der Waals surface area contributed by atoms with E-state index >= 15 is 0 Å². The third-order valence-corrected chi connectivity index (χ3v) is 1.23. The van der Waals surface area contributed by atoms with Gasteiger partial charge in [0.25, 0.3) is 0 Å². The van der Waals surface area contributed by atoms with E-state index in [0.717, 1.165) is 0 Å². The van der Waals surface area contributed by atoms with Gasteiger partial charge >= 0.3 is 0 Å². The van der Waals surface area contributed by atoms with Crippen LogP contribution in [0.25, 0.3) is 0 Å². The predicted molar refractivity (Wildman–Crippen MR) is 55.5 cm³/mol. The fourth-order valence-electron chi connectivity index (χ4n) is 0.666. The molecule has 0 saturated carbocycles. The van der Waals surface area contributed by atoms with Crippen LogP contribution in [0.4, 0.5) is 11.8 Å². The first kappa shape index (κ1) is 11.6. The zero-order valence-electron chi connectivity index (χ0n) is 8.57. The van der Waals surface area contributed by atoms with Crippen LogP contribution in [-0.4, -0.2) is 24.1 Å². The number of anilines is 2. The third kappa shape index (κ3) is 3.71. The molecule has 1 aromatic heterocycles. The lowest BCUT2D eigenvalue weighted by atomic mass is 10.6. The maximum Gasteiger partial charge on any atom is 0.224 e. The van der Waals surface area contributed by atoms with Crippen LogP contribution in [0.15, 0.2) is 12.3 Å². The lowest BCUT2D eigenvalue weighted by Gasteiger charge is -2.10. The van der Waals surface area contributed by atoms with Crippen molar-refractivity contribution < 1.29 is 0 Å². The molecule has 0 fully saturated rings. The number of aromatic nitrogens is 2. The number of hydrogen-bond donors (Lipinski definition) is 2. The van der Waals surface area contributed by atoms with E-state index in [9.17, 15) is 0 Å². The summed E-state index contributed by atoms with van der Waals surface area (Å²) >= 11 is 0. The zero-order chi connectivity index (χ0) is 10.3. The standard InChI is InChI=1S/C6H11N5.C2H6/c1-8-6-9-4-3-5(10-6)11(2)7;1-2/h3-4H,7H2,1-2H3,(H,8,9,10);1-2H3. The average molecular weight is 183 g/mol. The highest BCUT2D eigenvalue weighted by Gasteiger charge is 1.97. The van der Waals surface area contributed by atoms with Gasteiger partial charge in [0.05, 0.1) is 0 Å². The van der Waals surface area contributed by atoms with Gasteiger partial charge in [-0.15, -0.1) is 0 Å². The summed E-state index contributed by atoms with van der Waals surface area (Å²) in [6, 6.07) is 1.74. The molecule has 0 aliphatic heterocycles. The Bertz CT molecular complexity index is 236. The van der Waals surface area contributed by atoms with E-state index in [1.165, 1.54) is 5.01 Å². The van der Waals surface area contributed by atoms with E-state index in [4.69, 9.17) is 5.84 Å². The molecule has 0 spiro atoms. The van der Waals surface area contributed by atoms with Crippen molar-refractivity contribution in [1.29, 1.82) is 0 Å². The zero-order valence-corrected chi connectivity index (χ0v) is 8.57. The molecule has 13 heavy (non-hydrogen) atoms. The molecule has 1 aromatic rings. The van der Waals surface area contributed by atoms with Crippen LogP contribution in [-0.2, 0) is 0 Å². The number of nitrogens with one attached hydrogen (secondary N) is 1. The molecule has 0 saturated heterocycles. The molecular formula is C8H17N5. The second kappa shape index (κ2) is 6.19. The molecule has 1 heterocycles. The second-order valence-electron chi connectivity index (χ2n) is 2.10. The number of nitrogens with zero attached hydrogens (tertiary/aromatic N) is 3. The highest BCUT2D eigenvalue weighted by molar-refractivity contribution is 5.39. The maximum atomic E-state index is 5.45. The molecule has 0 aliphatic rings. The first-order valence-electron chi connectivity index (χ1n) is 4.23. The highest BCUT2D eigenvalue weighted by atomic mass is 15.4. The maximum absolute atomic E-state index is 5.45. The highest BCUT2D eigenvalue weighted by Crippen LogP contribution is 2.05. The van der Waals surface area contributed by atoms with Crippen LogP contribution in [0.2, 0.25) is 0 Å². The van der Waals surface area contributed by atoms with Crippen molar-refractivity contribution in [3.05, 3.63) is 12.3 Å². The Hall–Kier alpha value is -1.36. The van der Waals surface area contributed by atoms with E-state index in [2.05, 4.69) is 15.3 Å². The van der Waals surface area contributed by atoms with Gasteiger partial charge < -0.3 is 5.32 Å². The van der Waals surface area contributed by atoms with Crippen molar-refractivity contribution in [1.82, 2.24) is 9.97 Å². The molecule has 5 heteroatoms. The van der Waals surface area contributed by atoms with Gasteiger partial charge in [-0.1, -0.05) is 13.8 Å². The summed E-state index contributed by atoms with van der Waals surface area (Å²) in [5.41, 5.74) is 0. The Balaban J connectivity index is 0.000000671. The van der Waals surface area contributed by atoms with E-state index in [1.54, 1.807) is 26.4 Å². The first-order chi connectivity index (χ1) is 6.24. The van der Waals surface area contributed by atoms with Crippen molar-refractivity contribution in [2.75, 3.05) is 24.4 Å². The van der Waals surface area contributed by atoms with Gasteiger partial charge in [-0.25, -0.2) is 10.8 Å². The topological polar surface area (TPSA) is 67.1 Å². The molecule has 0 atom stereocenters. The second-order valence-corrected chi connectivity index (χ2v) is 2.10. The van der Waals surface area contributed by atoms with Crippen molar-refractivity contribution in [2.45, 2.75) is 13.8 Å². The molecule has 74 valence electrons. The Morgan fingerprint density at radius 1 is 1.46 bits per heavy atom. The van der Waals surface area contributed by atoms with E-state index < -0.39 is 0 Å². The average Bonchev–Trinajstić information content (AvgIpc) is 2.21. The predicted octanol–water partition coefficient (Wildman–Crippen LogP) is 0.854. The SMILES string of the molecule is CC.CNc1nccc(N(C)N)n1. The number of rotatable bonds is 2. The van der Waals surface area contributed by atoms with Gasteiger partial charge in [0.1, 0.15) is 5.82 Å². The van der Waals surface area contributed by atoms with Gasteiger partial charge in [-0.3, -0.25) is 5.01 Å². The minimum absolute atomic E-state index is 0.569. The quantitative estimate of drug-likeness (QED) is 0.525. The van der Waals surface area contributed by atoms with Crippen LogP contribution in [0.3, 0.4) is 0 Å². The minimum Gasteiger partial charge on any atom is -0.357 e. The van der Waals surface area contributed by atoms with Gasteiger partial charge in [0, 0.05) is 26.4 Å². The lowest BCUT2D eigenvalue weighted by Crippen LogP contribution is -2.26. The van der Waals surface area contributed by atoms with Gasteiger partial charge in [0.15, 0.2) is 0 Å². The summed E-state index contributed by atoms with van der Waals surface area (Å²) in [7, 11) is 3.48. The Labute approximate surface area is 79.0 Å². The van der Waals surface area contributed by atoms with Crippen molar-refractivity contribution in [3.8, 4) is 0 Å². The van der Waals surface area contributed by atoms with Crippen LogP contribution < -0.4 is 16.2 Å². The molecule has 0 radical (unpaired) electrons. The fourth-order valence-corrected chi connectivity index (χ4v) is 0.666. The van der Waals surface area contributed by atoms with Crippen LogP contribution in [0.5, 0.6) is 0 Å². The van der Waals surface area contributed by atoms with Gasteiger partial charge in [0.2, 0.25) is 5.95 Å². The van der Waals surface area contributed by atoms with E-state index in [0.29, 0.717) is 11.8 Å². The molecule has 3 N–H and O–H groups in total. The summed E-state index contributed by atoms with van der Waals surface area (Å²) < 4.78 is 0. The van der Waals surface area contributed by atoms with Crippen molar-refractivity contribution >= 4 is 11.8 Å². The molecule has 1 rings (SSSR count). The smallest absolute Gasteiger partial charge is 0.224 e. The molecule has 0 bridgehead atoms.